The summed E-state index contributed by atoms with van der Waals surface area (Å²) in [6.07, 6.45) is -0.389. The fraction of sp³-hybridized carbons (Fsp3) is 0.400. The van der Waals surface area contributed by atoms with Gasteiger partial charge in [0.15, 0.2) is 0 Å². The summed E-state index contributed by atoms with van der Waals surface area (Å²) in [4.78, 5) is 18.5. The summed E-state index contributed by atoms with van der Waals surface area (Å²) in [5.74, 6) is 1.27. The lowest BCUT2D eigenvalue weighted by Gasteiger charge is -2.31. The number of rotatable bonds is 3. The van der Waals surface area contributed by atoms with Crippen LogP contribution in [0, 0.1) is 6.92 Å². The minimum Gasteiger partial charge on any atom is -0.495 e. The van der Waals surface area contributed by atoms with Crippen LogP contribution in [0.25, 0.3) is 0 Å². The number of carbonyl (C=O) groups is 1. The molecular weight excluding hydrogens is 322 g/mol. The van der Waals surface area contributed by atoms with Crippen LogP contribution in [0.5, 0.6) is 5.75 Å². The minimum atomic E-state index is -0.389. The number of hydrogen-bond acceptors (Lipinski definition) is 6. The lowest BCUT2D eigenvalue weighted by molar-refractivity contribution is -0.0276. The Morgan fingerprint density at radius 2 is 2.30 bits per heavy atom. The minimum absolute atomic E-state index is 0.117. The van der Waals surface area contributed by atoms with Crippen molar-refractivity contribution < 1.29 is 18.8 Å². The number of ether oxygens (including phenoxy) is 2. The number of benzene rings is 1. The fourth-order valence-electron chi connectivity index (χ4n) is 2.41. The Morgan fingerprint density at radius 3 is 3.00 bits per heavy atom. The van der Waals surface area contributed by atoms with Gasteiger partial charge in [0.2, 0.25) is 11.7 Å². The fourth-order valence-corrected chi connectivity index (χ4v) is 2.61. The molecule has 8 heteroatoms. The standard InChI is InChI=1S/C15H16ClN3O4/c1-9-17-14(18-23-9)13-8-19(5-6-22-13)15(20)10-3-4-11(16)12(7-10)21-2/h3-4,7,13H,5-6,8H2,1-2H3. The summed E-state index contributed by atoms with van der Waals surface area (Å²) in [6, 6.07) is 4.96. The van der Waals surface area contributed by atoms with Crippen molar-refractivity contribution in [2.24, 2.45) is 0 Å². The Bertz CT molecular complexity index is 718. The van der Waals surface area contributed by atoms with Crippen LogP contribution in [-0.2, 0) is 4.74 Å². The molecule has 1 aliphatic rings. The van der Waals surface area contributed by atoms with Crippen molar-refractivity contribution in [3.8, 4) is 5.75 Å². The van der Waals surface area contributed by atoms with Crippen molar-refractivity contribution in [1.29, 1.82) is 0 Å². The van der Waals surface area contributed by atoms with Gasteiger partial charge in [-0.25, -0.2) is 0 Å². The maximum Gasteiger partial charge on any atom is 0.254 e. The van der Waals surface area contributed by atoms with Crippen LogP contribution in [0.2, 0.25) is 5.02 Å². The van der Waals surface area contributed by atoms with Gasteiger partial charge in [-0.3, -0.25) is 4.79 Å². The van der Waals surface area contributed by atoms with Crippen LogP contribution in [-0.4, -0.2) is 47.8 Å². The molecule has 0 radical (unpaired) electrons. The molecule has 0 N–H and O–H groups in total. The van der Waals surface area contributed by atoms with Gasteiger partial charge < -0.3 is 18.9 Å². The van der Waals surface area contributed by atoms with Gasteiger partial charge in [0.25, 0.3) is 5.91 Å². The molecule has 2 heterocycles. The zero-order valence-electron chi connectivity index (χ0n) is 12.8. The molecule has 1 aromatic heterocycles. The van der Waals surface area contributed by atoms with E-state index in [-0.39, 0.29) is 12.0 Å². The topological polar surface area (TPSA) is 77.7 Å². The van der Waals surface area contributed by atoms with Crippen molar-refractivity contribution in [2.75, 3.05) is 26.8 Å². The van der Waals surface area contributed by atoms with Crippen LogP contribution < -0.4 is 4.74 Å². The molecule has 1 amide bonds. The van der Waals surface area contributed by atoms with Crippen LogP contribution in [0.1, 0.15) is 28.2 Å². The van der Waals surface area contributed by atoms with E-state index < -0.39 is 0 Å². The Labute approximate surface area is 138 Å². The highest BCUT2D eigenvalue weighted by Crippen LogP contribution is 2.27. The monoisotopic (exact) mass is 337 g/mol. The highest BCUT2D eigenvalue weighted by Gasteiger charge is 2.29. The molecule has 1 aromatic carbocycles. The lowest BCUT2D eigenvalue weighted by Crippen LogP contribution is -2.42. The van der Waals surface area contributed by atoms with Gasteiger partial charge in [0.1, 0.15) is 11.9 Å². The first-order chi connectivity index (χ1) is 11.1. The second-order valence-electron chi connectivity index (χ2n) is 5.13. The zero-order chi connectivity index (χ0) is 16.4. The molecule has 0 saturated carbocycles. The predicted octanol–water partition coefficient (Wildman–Crippen LogP) is 2.25. The number of methoxy groups -OCH3 is 1. The molecule has 7 nitrogen and oxygen atoms in total. The second-order valence-corrected chi connectivity index (χ2v) is 5.54. The van der Waals surface area contributed by atoms with Gasteiger partial charge >= 0.3 is 0 Å². The van der Waals surface area contributed by atoms with E-state index in [0.717, 1.165) is 0 Å². The molecule has 0 aliphatic carbocycles. The predicted molar refractivity (Wildman–Crippen MR) is 81.6 cm³/mol. The van der Waals surface area contributed by atoms with Gasteiger partial charge in [-0.1, -0.05) is 16.8 Å². The van der Waals surface area contributed by atoms with Gasteiger partial charge in [-0.05, 0) is 18.2 Å². The van der Waals surface area contributed by atoms with Crippen molar-refractivity contribution in [3.63, 3.8) is 0 Å². The van der Waals surface area contributed by atoms with E-state index in [2.05, 4.69) is 10.1 Å². The van der Waals surface area contributed by atoms with Crippen LogP contribution in [0.3, 0.4) is 0 Å². The molecule has 1 saturated heterocycles. The quantitative estimate of drug-likeness (QED) is 0.855. The average molecular weight is 338 g/mol. The number of hydrogen-bond donors (Lipinski definition) is 0. The normalized spacial score (nSPS) is 18.0. The number of aryl methyl sites for hydroxylation is 1. The molecule has 1 unspecified atom stereocenters. The molecule has 122 valence electrons. The van der Waals surface area contributed by atoms with E-state index in [0.29, 0.717) is 47.7 Å². The third kappa shape index (κ3) is 3.30. The van der Waals surface area contributed by atoms with E-state index in [1.807, 2.05) is 0 Å². The molecule has 2 aromatic rings. The third-order valence-electron chi connectivity index (χ3n) is 3.58. The Morgan fingerprint density at radius 1 is 1.48 bits per heavy atom. The van der Waals surface area contributed by atoms with Gasteiger partial charge in [0.05, 0.1) is 25.3 Å². The van der Waals surface area contributed by atoms with Gasteiger partial charge in [0, 0.05) is 19.0 Å². The number of nitrogens with zero attached hydrogens (tertiary/aromatic N) is 3. The third-order valence-corrected chi connectivity index (χ3v) is 3.90. The molecule has 1 atom stereocenters. The summed E-state index contributed by atoms with van der Waals surface area (Å²) < 4.78 is 15.8. The smallest absolute Gasteiger partial charge is 0.254 e. The summed E-state index contributed by atoms with van der Waals surface area (Å²) in [7, 11) is 1.51. The first-order valence-electron chi connectivity index (χ1n) is 7.13. The summed E-state index contributed by atoms with van der Waals surface area (Å²) >= 11 is 6.00. The number of aromatic nitrogens is 2. The molecule has 0 bridgehead atoms. The molecule has 1 aliphatic heterocycles. The van der Waals surface area contributed by atoms with Crippen molar-refractivity contribution >= 4 is 17.5 Å². The van der Waals surface area contributed by atoms with Crippen molar-refractivity contribution in [2.45, 2.75) is 13.0 Å². The van der Waals surface area contributed by atoms with Crippen molar-refractivity contribution in [3.05, 3.63) is 40.5 Å². The lowest BCUT2D eigenvalue weighted by atomic mass is 10.1. The van der Waals surface area contributed by atoms with Crippen LogP contribution in [0.4, 0.5) is 0 Å². The second kappa shape index (κ2) is 6.55. The summed E-state index contributed by atoms with van der Waals surface area (Å²) in [5, 5.41) is 4.32. The van der Waals surface area contributed by atoms with Crippen LogP contribution in [0.15, 0.2) is 22.7 Å². The number of halogens is 1. The SMILES string of the molecule is COc1cc(C(=O)N2CCOC(c3noc(C)n3)C2)ccc1Cl. The Hall–Kier alpha value is -2.12. The highest BCUT2D eigenvalue weighted by molar-refractivity contribution is 6.32. The van der Waals surface area contributed by atoms with E-state index in [9.17, 15) is 4.79 Å². The number of morpholine rings is 1. The molecule has 0 spiro atoms. The molecule has 23 heavy (non-hydrogen) atoms. The van der Waals surface area contributed by atoms with E-state index in [4.69, 9.17) is 25.6 Å². The summed E-state index contributed by atoms with van der Waals surface area (Å²) in [6.45, 7) is 2.98. The first-order valence-corrected chi connectivity index (χ1v) is 7.51. The maximum absolute atomic E-state index is 12.7. The first kappa shape index (κ1) is 15.8. The summed E-state index contributed by atoms with van der Waals surface area (Å²) in [5.41, 5.74) is 0.510. The molecule has 3 rings (SSSR count). The van der Waals surface area contributed by atoms with Gasteiger partial charge in [-0.15, -0.1) is 0 Å². The van der Waals surface area contributed by atoms with E-state index in [1.54, 1.807) is 30.0 Å². The van der Waals surface area contributed by atoms with E-state index >= 15 is 0 Å². The van der Waals surface area contributed by atoms with E-state index in [1.165, 1.54) is 7.11 Å². The molecular formula is C15H16ClN3O4. The maximum atomic E-state index is 12.7. The van der Waals surface area contributed by atoms with Crippen molar-refractivity contribution in [1.82, 2.24) is 15.0 Å². The zero-order valence-corrected chi connectivity index (χ0v) is 13.5. The van der Waals surface area contributed by atoms with Gasteiger partial charge in [-0.2, -0.15) is 4.98 Å². The highest BCUT2D eigenvalue weighted by atomic mass is 35.5. The molecule has 1 fully saturated rings. The average Bonchev–Trinajstić information content (AvgIpc) is 3.01. The van der Waals surface area contributed by atoms with Crippen LogP contribution >= 0.6 is 11.6 Å². The Balaban J connectivity index is 1.76. The number of amides is 1. The number of carbonyl (C=O) groups excluding carboxylic acids is 1. The largest absolute Gasteiger partial charge is 0.495 e. The Kier molecular flexibility index (Phi) is 4.49.